The fraction of sp³-hybridized carbons (Fsp3) is 0.538. The van der Waals surface area contributed by atoms with E-state index in [1.807, 2.05) is 0 Å². The van der Waals surface area contributed by atoms with Crippen molar-refractivity contribution in [1.29, 1.82) is 0 Å². The van der Waals surface area contributed by atoms with Crippen LogP contribution in [-0.4, -0.2) is 41.1 Å². The van der Waals surface area contributed by atoms with E-state index in [9.17, 15) is 19.2 Å². The lowest BCUT2D eigenvalue weighted by Gasteiger charge is -2.37. The smallest absolute Gasteiger partial charge is 0.309 e. The van der Waals surface area contributed by atoms with Gasteiger partial charge in [-0.25, -0.2) is 0 Å². The second kappa shape index (κ2) is 8.20. The number of nitrogens with zero attached hydrogens (tertiary/aromatic N) is 1. The largest absolute Gasteiger partial charge is 0.457 e. The van der Waals surface area contributed by atoms with Gasteiger partial charge in [0.2, 0.25) is 17.6 Å². The SMILES string of the molecule is O=C(COC(=O)C1CCC(N2C(=O)[C@@H]3[C@H]4C=C[C@@H]([C@@H]5C[C@H]45)[C@H]3C2=O)CC1)c1ccc(Cl)cc1Cl. The minimum absolute atomic E-state index is 0.00355. The van der Waals surface area contributed by atoms with Crippen molar-refractivity contribution >= 4 is 46.8 Å². The van der Waals surface area contributed by atoms with Crippen LogP contribution in [0.2, 0.25) is 10.0 Å². The summed E-state index contributed by atoms with van der Waals surface area (Å²) in [6, 6.07) is 4.39. The van der Waals surface area contributed by atoms with Gasteiger partial charge in [0.05, 0.1) is 22.8 Å². The van der Waals surface area contributed by atoms with Crippen LogP contribution in [0.15, 0.2) is 30.4 Å². The molecule has 6 atom stereocenters. The molecule has 178 valence electrons. The third kappa shape index (κ3) is 3.44. The van der Waals surface area contributed by atoms with Crippen LogP contribution < -0.4 is 0 Å². The molecule has 8 heteroatoms. The fourth-order valence-electron chi connectivity index (χ4n) is 6.96. The number of hydrogen-bond donors (Lipinski definition) is 0. The Bertz CT molecular complexity index is 1090. The van der Waals surface area contributed by atoms with Gasteiger partial charge in [-0.2, -0.15) is 0 Å². The first-order valence-electron chi connectivity index (χ1n) is 12.0. The molecule has 6 aliphatic rings. The zero-order valence-corrected chi connectivity index (χ0v) is 20.0. The molecule has 6 nitrogen and oxygen atoms in total. The fourth-order valence-corrected chi connectivity index (χ4v) is 7.47. The molecule has 0 radical (unpaired) electrons. The van der Waals surface area contributed by atoms with Gasteiger partial charge in [0.25, 0.3) is 0 Å². The second-order valence-electron chi connectivity index (χ2n) is 10.4. The summed E-state index contributed by atoms with van der Waals surface area (Å²) in [7, 11) is 0. The third-order valence-electron chi connectivity index (χ3n) is 8.67. The molecule has 0 spiro atoms. The highest BCUT2D eigenvalue weighted by molar-refractivity contribution is 6.36. The summed E-state index contributed by atoms with van der Waals surface area (Å²) in [4.78, 5) is 53.1. The van der Waals surface area contributed by atoms with Gasteiger partial charge in [0, 0.05) is 16.6 Å². The van der Waals surface area contributed by atoms with Crippen LogP contribution in [0.1, 0.15) is 42.5 Å². The molecule has 5 aliphatic carbocycles. The maximum absolute atomic E-state index is 13.3. The summed E-state index contributed by atoms with van der Waals surface area (Å²) in [6.45, 7) is -0.384. The highest BCUT2D eigenvalue weighted by atomic mass is 35.5. The standard InChI is InChI=1S/C26H25Cl2NO5/c27-13-3-6-17(20(28)9-13)21(30)11-34-26(33)12-1-4-14(5-2-12)29-24(31)22-15-7-8-16(19-10-18(15)19)23(22)25(29)32/h3,6-9,12,14-16,18-19,22-23H,1-2,4-5,10-11H2/t12?,14?,15-,16-,18-,19+,22+,23+/m0/s1. The van der Waals surface area contributed by atoms with Crippen molar-refractivity contribution in [1.82, 2.24) is 4.90 Å². The summed E-state index contributed by atoms with van der Waals surface area (Å²) < 4.78 is 5.28. The maximum Gasteiger partial charge on any atom is 0.309 e. The van der Waals surface area contributed by atoms with Crippen LogP contribution in [0, 0.1) is 41.4 Å². The van der Waals surface area contributed by atoms with Crippen LogP contribution in [0.4, 0.5) is 0 Å². The molecule has 2 bridgehead atoms. The maximum atomic E-state index is 13.3. The molecular weight excluding hydrogens is 477 g/mol. The molecule has 1 aromatic rings. The topological polar surface area (TPSA) is 80.8 Å². The number of halogens is 2. The Labute approximate surface area is 207 Å². The lowest BCUT2D eigenvalue weighted by Crippen LogP contribution is -2.44. The van der Waals surface area contributed by atoms with Gasteiger partial charge >= 0.3 is 5.97 Å². The van der Waals surface area contributed by atoms with Crippen LogP contribution in [0.3, 0.4) is 0 Å². The first kappa shape index (κ1) is 22.3. The van der Waals surface area contributed by atoms with E-state index < -0.39 is 5.97 Å². The predicted molar refractivity (Wildman–Crippen MR) is 124 cm³/mol. The quantitative estimate of drug-likeness (QED) is 0.259. The van der Waals surface area contributed by atoms with Crippen molar-refractivity contribution < 1.29 is 23.9 Å². The van der Waals surface area contributed by atoms with Crippen molar-refractivity contribution in [2.45, 2.75) is 38.1 Å². The number of esters is 1. The summed E-state index contributed by atoms with van der Waals surface area (Å²) in [5.41, 5.74) is 0.260. The number of allylic oxidation sites excluding steroid dienone is 2. The van der Waals surface area contributed by atoms with Crippen molar-refractivity contribution in [3.8, 4) is 0 Å². The number of amides is 2. The molecule has 2 amide bonds. The Morgan fingerprint density at radius 2 is 1.56 bits per heavy atom. The van der Waals surface area contributed by atoms with Crippen molar-refractivity contribution in [2.24, 2.45) is 41.4 Å². The molecular formula is C26H25Cl2NO5. The molecule has 0 N–H and O–H groups in total. The molecule has 7 rings (SSSR count). The van der Waals surface area contributed by atoms with E-state index in [1.165, 1.54) is 12.1 Å². The highest BCUT2D eigenvalue weighted by Crippen LogP contribution is 2.65. The number of ketones is 1. The van der Waals surface area contributed by atoms with Gasteiger partial charge < -0.3 is 4.74 Å². The minimum Gasteiger partial charge on any atom is -0.457 e. The number of benzene rings is 1. The van der Waals surface area contributed by atoms with E-state index in [-0.39, 0.29) is 70.4 Å². The molecule has 4 fully saturated rings. The van der Waals surface area contributed by atoms with E-state index in [0.717, 1.165) is 6.42 Å². The van der Waals surface area contributed by atoms with Gasteiger partial charge in [-0.1, -0.05) is 35.4 Å². The number of hydrogen-bond acceptors (Lipinski definition) is 5. The Kier molecular flexibility index (Phi) is 5.38. The van der Waals surface area contributed by atoms with Crippen molar-refractivity contribution in [3.05, 3.63) is 46.0 Å². The molecule has 0 aromatic heterocycles. The van der Waals surface area contributed by atoms with E-state index >= 15 is 0 Å². The van der Waals surface area contributed by atoms with Crippen LogP contribution in [-0.2, 0) is 19.1 Å². The Morgan fingerprint density at radius 1 is 0.941 bits per heavy atom. The van der Waals surface area contributed by atoms with Crippen LogP contribution >= 0.6 is 23.2 Å². The molecule has 34 heavy (non-hydrogen) atoms. The number of rotatable bonds is 5. The summed E-state index contributed by atoms with van der Waals surface area (Å²) in [5, 5.41) is 0.640. The lowest BCUT2D eigenvalue weighted by molar-refractivity contribution is -0.149. The zero-order valence-electron chi connectivity index (χ0n) is 18.5. The van der Waals surface area contributed by atoms with Gasteiger partial charge in [-0.3, -0.25) is 24.1 Å². The van der Waals surface area contributed by atoms with Crippen molar-refractivity contribution in [3.63, 3.8) is 0 Å². The molecule has 3 saturated carbocycles. The number of imide groups is 1. The van der Waals surface area contributed by atoms with Gasteiger partial charge in [0.15, 0.2) is 6.61 Å². The van der Waals surface area contributed by atoms with E-state index in [0.29, 0.717) is 42.5 Å². The predicted octanol–water partition coefficient (Wildman–Crippen LogP) is 4.33. The van der Waals surface area contributed by atoms with E-state index in [2.05, 4.69) is 12.2 Å². The molecule has 1 aliphatic heterocycles. The van der Waals surface area contributed by atoms with Gasteiger partial charge in [0.1, 0.15) is 0 Å². The number of carbonyl (C=O) groups excluding carboxylic acids is 4. The number of likely N-dealkylation sites (tertiary alicyclic amines) is 1. The molecule has 1 saturated heterocycles. The molecule has 0 unspecified atom stereocenters. The highest BCUT2D eigenvalue weighted by Gasteiger charge is 2.67. The first-order valence-corrected chi connectivity index (χ1v) is 12.8. The molecule has 1 aromatic carbocycles. The normalized spacial score (nSPS) is 37.4. The summed E-state index contributed by atoms with van der Waals surface area (Å²) in [6.07, 6.45) is 7.74. The first-order chi connectivity index (χ1) is 16.3. The number of Topliss-reactive ketones (excluding diaryl/α,β-unsaturated/α-hetero) is 1. The second-order valence-corrected chi connectivity index (χ2v) is 11.2. The van der Waals surface area contributed by atoms with Crippen molar-refractivity contribution in [2.75, 3.05) is 6.61 Å². The summed E-state index contributed by atoms with van der Waals surface area (Å²) in [5.74, 6) is 0.0940. The Hall–Kier alpha value is -2.18. The zero-order chi connectivity index (χ0) is 23.7. The van der Waals surface area contributed by atoms with E-state index in [1.54, 1.807) is 11.0 Å². The van der Waals surface area contributed by atoms with Gasteiger partial charge in [-0.15, -0.1) is 0 Å². The minimum atomic E-state index is -0.424. The third-order valence-corrected chi connectivity index (χ3v) is 9.22. The number of carbonyl (C=O) groups is 4. The van der Waals surface area contributed by atoms with Crippen LogP contribution in [0.25, 0.3) is 0 Å². The Morgan fingerprint density at radius 3 is 2.15 bits per heavy atom. The van der Waals surface area contributed by atoms with E-state index in [4.69, 9.17) is 27.9 Å². The monoisotopic (exact) mass is 501 g/mol. The molecule has 1 heterocycles. The van der Waals surface area contributed by atoms with Crippen LogP contribution in [0.5, 0.6) is 0 Å². The lowest BCUT2D eigenvalue weighted by atomic mass is 9.63. The summed E-state index contributed by atoms with van der Waals surface area (Å²) >= 11 is 11.9. The van der Waals surface area contributed by atoms with Gasteiger partial charge in [-0.05, 0) is 74.0 Å². The average molecular weight is 502 g/mol. The average Bonchev–Trinajstić information content (AvgIpc) is 3.61. The number of ether oxygens (including phenoxy) is 1. The Balaban J connectivity index is 1.04.